The first-order chi connectivity index (χ1) is 13.5. The number of carbonyl (C=O) groups excluding carboxylic acids is 2. The van der Waals surface area contributed by atoms with Gasteiger partial charge in [-0.15, -0.1) is 0 Å². The predicted molar refractivity (Wildman–Crippen MR) is 108 cm³/mol. The molecule has 156 valence electrons. The Kier molecular flexibility index (Phi) is 8.73. The van der Waals surface area contributed by atoms with Crippen LogP contribution in [-0.4, -0.2) is 62.2 Å². The Hall–Kier alpha value is -2.12. The first kappa shape index (κ1) is 22.2. The number of likely N-dealkylation sites (tertiary alicyclic amines) is 1. The Morgan fingerprint density at radius 3 is 2.39 bits per heavy atom. The van der Waals surface area contributed by atoms with E-state index in [1.54, 1.807) is 31.4 Å². The van der Waals surface area contributed by atoms with Gasteiger partial charge in [-0.1, -0.05) is 13.8 Å². The van der Waals surface area contributed by atoms with Crippen LogP contribution in [-0.2, 0) is 9.53 Å². The Bertz CT molecular complexity index is 625. The molecule has 0 radical (unpaired) electrons. The molecule has 3 N–H and O–H groups in total. The Balaban J connectivity index is 1.92. The van der Waals surface area contributed by atoms with Gasteiger partial charge in [-0.2, -0.15) is 0 Å². The van der Waals surface area contributed by atoms with E-state index in [-0.39, 0.29) is 23.8 Å². The standard InChI is InChI=1S/C21H33N3O4/c1-15(2)19(23-20(25)16-5-7-17(27-3)8-6-16)21(26)24-12-9-18(10-13-24)28-14-4-11-22/h5-8,15,18-19H,4,9-14,22H2,1-3H3,(H,23,25). The van der Waals surface area contributed by atoms with Gasteiger partial charge in [0, 0.05) is 25.3 Å². The minimum absolute atomic E-state index is 0.00627. The third-order valence-corrected chi connectivity index (χ3v) is 5.03. The number of amides is 2. The van der Waals surface area contributed by atoms with Crippen molar-refractivity contribution < 1.29 is 19.1 Å². The maximum Gasteiger partial charge on any atom is 0.251 e. The Labute approximate surface area is 167 Å². The number of benzene rings is 1. The molecule has 1 aliphatic heterocycles. The summed E-state index contributed by atoms with van der Waals surface area (Å²) in [5.41, 5.74) is 6.00. The second-order valence-electron chi connectivity index (χ2n) is 7.46. The average molecular weight is 392 g/mol. The topological polar surface area (TPSA) is 93.9 Å². The summed E-state index contributed by atoms with van der Waals surface area (Å²) in [5.74, 6) is 0.393. The molecule has 7 nitrogen and oxygen atoms in total. The number of carbonyl (C=O) groups is 2. The largest absolute Gasteiger partial charge is 0.497 e. The maximum absolute atomic E-state index is 13.0. The van der Waals surface area contributed by atoms with Gasteiger partial charge < -0.3 is 25.4 Å². The summed E-state index contributed by atoms with van der Waals surface area (Å²) < 4.78 is 10.9. The smallest absolute Gasteiger partial charge is 0.251 e. The van der Waals surface area contributed by atoms with Gasteiger partial charge >= 0.3 is 0 Å². The summed E-state index contributed by atoms with van der Waals surface area (Å²) >= 11 is 0. The number of hydrogen-bond donors (Lipinski definition) is 2. The fraction of sp³-hybridized carbons (Fsp3) is 0.619. The highest BCUT2D eigenvalue weighted by molar-refractivity contribution is 5.97. The van der Waals surface area contributed by atoms with Gasteiger partial charge in [0.2, 0.25) is 5.91 Å². The van der Waals surface area contributed by atoms with Crippen LogP contribution >= 0.6 is 0 Å². The maximum atomic E-state index is 13.0. The fourth-order valence-corrected chi connectivity index (χ4v) is 3.25. The van der Waals surface area contributed by atoms with Gasteiger partial charge in [0.15, 0.2) is 0 Å². The van der Waals surface area contributed by atoms with Crippen molar-refractivity contribution in [2.75, 3.05) is 33.4 Å². The summed E-state index contributed by atoms with van der Waals surface area (Å²) in [6.07, 6.45) is 2.66. The summed E-state index contributed by atoms with van der Waals surface area (Å²) in [6, 6.07) is 6.30. The van der Waals surface area contributed by atoms with Gasteiger partial charge in [0.25, 0.3) is 5.91 Å². The lowest BCUT2D eigenvalue weighted by molar-refractivity contribution is -0.137. The van der Waals surface area contributed by atoms with Crippen LogP contribution < -0.4 is 15.8 Å². The number of nitrogens with zero attached hydrogens (tertiary/aromatic N) is 1. The second kappa shape index (κ2) is 11.0. The first-order valence-corrected chi connectivity index (χ1v) is 10.0. The Morgan fingerprint density at radius 2 is 1.86 bits per heavy atom. The molecular weight excluding hydrogens is 358 g/mol. The molecule has 28 heavy (non-hydrogen) atoms. The van der Waals surface area contributed by atoms with Crippen molar-refractivity contribution in [2.45, 2.75) is 45.3 Å². The number of piperidine rings is 1. The minimum Gasteiger partial charge on any atom is -0.497 e. The average Bonchev–Trinajstić information content (AvgIpc) is 2.72. The molecule has 0 aliphatic carbocycles. The number of rotatable bonds is 9. The summed E-state index contributed by atoms with van der Waals surface area (Å²) in [4.78, 5) is 27.4. The molecule has 1 fully saturated rings. The van der Waals surface area contributed by atoms with E-state index in [0.717, 1.165) is 19.3 Å². The molecule has 1 heterocycles. The van der Waals surface area contributed by atoms with E-state index in [2.05, 4.69) is 5.32 Å². The molecule has 0 bridgehead atoms. The van der Waals surface area contributed by atoms with E-state index in [0.29, 0.717) is 37.6 Å². The van der Waals surface area contributed by atoms with Crippen LogP contribution in [0.4, 0.5) is 0 Å². The van der Waals surface area contributed by atoms with E-state index in [1.165, 1.54) is 0 Å². The molecule has 1 aromatic rings. The highest BCUT2D eigenvalue weighted by Gasteiger charge is 2.31. The third kappa shape index (κ3) is 6.21. The number of ether oxygens (including phenoxy) is 2. The van der Waals surface area contributed by atoms with E-state index < -0.39 is 6.04 Å². The highest BCUT2D eigenvalue weighted by atomic mass is 16.5. The van der Waals surface area contributed by atoms with Crippen LogP contribution in [0.3, 0.4) is 0 Å². The minimum atomic E-state index is -0.552. The third-order valence-electron chi connectivity index (χ3n) is 5.03. The van der Waals surface area contributed by atoms with E-state index in [4.69, 9.17) is 15.2 Å². The number of nitrogens with one attached hydrogen (secondary N) is 1. The molecule has 0 aromatic heterocycles. The van der Waals surface area contributed by atoms with Crippen LogP contribution in [0, 0.1) is 5.92 Å². The summed E-state index contributed by atoms with van der Waals surface area (Å²) in [6.45, 7) is 6.48. The van der Waals surface area contributed by atoms with Crippen LogP contribution in [0.15, 0.2) is 24.3 Å². The van der Waals surface area contributed by atoms with E-state index >= 15 is 0 Å². The normalized spacial score (nSPS) is 16.1. The second-order valence-corrected chi connectivity index (χ2v) is 7.46. The van der Waals surface area contributed by atoms with Crippen molar-refractivity contribution in [3.05, 3.63) is 29.8 Å². The first-order valence-electron chi connectivity index (χ1n) is 10.0. The molecule has 0 spiro atoms. The van der Waals surface area contributed by atoms with Gasteiger partial charge in [-0.25, -0.2) is 0 Å². The highest BCUT2D eigenvalue weighted by Crippen LogP contribution is 2.17. The monoisotopic (exact) mass is 391 g/mol. The predicted octanol–water partition coefficient (Wildman–Crippen LogP) is 1.81. The zero-order valence-electron chi connectivity index (χ0n) is 17.1. The molecule has 1 aliphatic rings. The van der Waals surface area contributed by atoms with E-state index in [9.17, 15) is 9.59 Å². The van der Waals surface area contributed by atoms with Crippen LogP contribution in [0.2, 0.25) is 0 Å². The molecule has 1 atom stereocenters. The molecule has 2 amide bonds. The van der Waals surface area contributed by atoms with Crippen LogP contribution in [0.25, 0.3) is 0 Å². The van der Waals surface area contributed by atoms with Crippen molar-refractivity contribution in [3.63, 3.8) is 0 Å². The van der Waals surface area contributed by atoms with Crippen molar-refractivity contribution in [3.8, 4) is 5.75 Å². The SMILES string of the molecule is COc1ccc(C(=O)NC(C(=O)N2CCC(OCCCN)CC2)C(C)C)cc1. The lowest BCUT2D eigenvalue weighted by Crippen LogP contribution is -2.53. The number of methoxy groups -OCH3 is 1. The van der Waals surface area contributed by atoms with E-state index in [1.807, 2.05) is 18.7 Å². The molecule has 7 heteroatoms. The number of hydrogen-bond acceptors (Lipinski definition) is 5. The lowest BCUT2D eigenvalue weighted by atomic mass is 10.00. The quantitative estimate of drug-likeness (QED) is 0.626. The van der Waals surface area contributed by atoms with Gasteiger partial charge in [-0.3, -0.25) is 9.59 Å². The molecule has 2 rings (SSSR count). The van der Waals surface area contributed by atoms with Crippen molar-refractivity contribution in [1.29, 1.82) is 0 Å². The number of nitrogens with two attached hydrogens (primary N) is 1. The van der Waals surface area contributed by atoms with Crippen molar-refractivity contribution >= 4 is 11.8 Å². The summed E-state index contributed by atoms with van der Waals surface area (Å²) in [7, 11) is 1.58. The summed E-state index contributed by atoms with van der Waals surface area (Å²) in [5, 5.41) is 2.90. The van der Waals surface area contributed by atoms with Crippen molar-refractivity contribution in [1.82, 2.24) is 10.2 Å². The zero-order chi connectivity index (χ0) is 20.5. The molecule has 1 aromatic carbocycles. The van der Waals surface area contributed by atoms with Crippen LogP contribution in [0.5, 0.6) is 5.75 Å². The van der Waals surface area contributed by atoms with Crippen LogP contribution in [0.1, 0.15) is 43.5 Å². The molecular formula is C21H33N3O4. The Morgan fingerprint density at radius 1 is 1.21 bits per heavy atom. The zero-order valence-corrected chi connectivity index (χ0v) is 17.1. The van der Waals surface area contributed by atoms with Gasteiger partial charge in [0.05, 0.1) is 13.2 Å². The molecule has 1 saturated heterocycles. The fourth-order valence-electron chi connectivity index (χ4n) is 3.25. The van der Waals surface area contributed by atoms with Crippen molar-refractivity contribution in [2.24, 2.45) is 11.7 Å². The van der Waals surface area contributed by atoms with Gasteiger partial charge in [-0.05, 0) is 56.0 Å². The molecule has 1 unspecified atom stereocenters. The van der Waals surface area contributed by atoms with Gasteiger partial charge in [0.1, 0.15) is 11.8 Å². The lowest BCUT2D eigenvalue weighted by Gasteiger charge is -2.35. The molecule has 0 saturated carbocycles.